The zero-order chi connectivity index (χ0) is 13.6. The lowest BCUT2D eigenvalue weighted by molar-refractivity contribution is 0.0947. The van der Waals surface area contributed by atoms with Gasteiger partial charge < -0.3 is 10.1 Å². The molecule has 1 aromatic heterocycles. The van der Waals surface area contributed by atoms with Gasteiger partial charge in [0, 0.05) is 20.3 Å². The highest BCUT2D eigenvalue weighted by atomic mass is 32.2. The Hall–Kier alpha value is -1.06. The normalized spacial score (nSPS) is 11.4. The number of hydrogen-bond acceptors (Lipinski definition) is 7. The van der Waals surface area contributed by atoms with Crippen LogP contribution in [0.25, 0.3) is 0 Å². The molecule has 0 atom stereocenters. The summed E-state index contributed by atoms with van der Waals surface area (Å²) in [5, 5.41) is 9.76. The minimum Gasteiger partial charge on any atom is -0.385 e. The van der Waals surface area contributed by atoms with E-state index in [1.54, 1.807) is 7.11 Å². The fourth-order valence-corrected chi connectivity index (χ4v) is 3.05. The molecule has 0 fully saturated rings. The van der Waals surface area contributed by atoms with Gasteiger partial charge >= 0.3 is 0 Å². The van der Waals surface area contributed by atoms with E-state index in [0.29, 0.717) is 19.6 Å². The van der Waals surface area contributed by atoms with E-state index in [4.69, 9.17) is 4.74 Å². The van der Waals surface area contributed by atoms with Gasteiger partial charge in [-0.05, 0) is 6.42 Å². The number of methoxy groups -OCH3 is 1. The van der Waals surface area contributed by atoms with Gasteiger partial charge in [0.05, 0.1) is 5.75 Å². The van der Waals surface area contributed by atoms with E-state index in [1.165, 1.54) is 6.92 Å². The maximum atomic E-state index is 11.6. The minimum absolute atomic E-state index is 0.0550. The number of ether oxygens (including phenoxy) is 1. The molecular formula is C9H15N3O4S2. The molecule has 18 heavy (non-hydrogen) atoms. The van der Waals surface area contributed by atoms with Gasteiger partial charge in [0.1, 0.15) is 0 Å². The Bertz CT molecular complexity index is 498. The zero-order valence-electron chi connectivity index (χ0n) is 10.2. The second kappa shape index (κ2) is 6.76. The minimum atomic E-state index is -3.40. The fraction of sp³-hybridized carbons (Fsp3) is 0.667. The molecule has 0 aromatic carbocycles. The van der Waals surface area contributed by atoms with Crippen molar-refractivity contribution >= 4 is 27.1 Å². The highest BCUT2D eigenvalue weighted by Gasteiger charge is 2.20. The number of aromatic nitrogens is 2. The van der Waals surface area contributed by atoms with Crippen molar-refractivity contribution in [1.29, 1.82) is 0 Å². The fourth-order valence-electron chi connectivity index (χ4n) is 1.04. The van der Waals surface area contributed by atoms with Crippen molar-refractivity contribution in [3.8, 4) is 0 Å². The SMILES string of the molecule is CCS(=O)(=O)c1nnc(C(=O)NCCCOC)s1. The number of hydrogen-bond donors (Lipinski definition) is 1. The first-order chi connectivity index (χ1) is 8.51. The van der Waals surface area contributed by atoms with E-state index in [0.717, 1.165) is 11.3 Å². The highest BCUT2D eigenvalue weighted by molar-refractivity contribution is 7.93. The van der Waals surface area contributed by atoms with Crippen LogP contribution < -0.4 is 5.32 Å². The Kier molecular flexibility index (Phi) is 5.63. The molecule has 1 N–H and O–H groups in total. The standard InChI is InChI=1S/C9H15N3O4S2/c1-3-18(14,15)9-12-11-8(17-9)7(13)10-5-4-6-16-2/h3-6H2,1-2H3,(H,10,13). The summed E-state index contributed by atoms with van der Waals surface area (Å²) in [5.74, 6) is -0.474. The van der Waals surface area contributed by atoms with Gasteiger partial charge in [-0.25, -0.2) is 8.42 Å². The number of carbonyl (C=O) groups excluding carboxylic acids is 1. The molecule has 0 unspecified atom stereocenters. The maximum absolute atomic E-state index is 11.6. The van der Waals surface area contributed by atoms with E-state index >= 15 is 0 Å². The molecule has 0 bridgehead atoms. The van der Waals surface area contributed by atoms with Gasteiger partial charge in [-0.15, -0.1) is 10.2 Å². The topological polar surface area (TPSA) is 98.3 Å². The first-order valence-electron chi connectivity index (χ1n) is 5.34. The largest absolute Gasteiger partial charge is 0.385 e. The molecule has 0 radical (unpaired) electrons. The zero-order valence-corrected chi connectivity index (χ0v) is 11.8. The Balaban J connectivity index is 2.60. The molecule has 9 heteroatoms. The summed E-state index contributed by atoms with van der Waals surface area (Å²) in [7, 11) is -1.82. The third-order valence-electron chi connectivity index (χ3n) is 2.06. The predicted octanol–water partition coefficient (Wildman–Crippen LogP) is 0.0980. The summed E-state index contributed by atoms with van der Waals surface area (Å²) >= 11 is 0.783. The van der Waals surface area contributed by atoms with Gasteiger partial charge in [-0.2, -0.15) is 0 Å². The molecule has 0 saturated heterocycles. The Labute approximate surface area is 109 Å². The van der Waals surface area contributed by atoms with Crippen LogP contribution in [0.5, 0.6) is 0 Å². The van der Waals surface area contributed by atoms with Crippen LogP contribution in [0.3, 0.4) is 0 Å². The van der Waals surface area contributed by atoms with Crippen molar-refractivity contribution < 1.29 is 17.9 Å². The van der Waals surface area contributed by atoms with Crippen molar-refractivity contribution in [2.24, 2.45) is 0 Å². The van der Waals surface area contributed by atoms with E-state index in [1.807, 2.05) is 0 Å². The van der Waals surface area contributed by atoms with Crippen LogP contribution in [0.2, 0.25) is 0 Å². The number of rotatable bonds is 7. The smallest absolute Gasteiger partial charge is 0.282 e. The van der Waals surface area contributed by atoms with E-state index in [2.05, 4.69) is 15.5 Å². The summed E-state index contributed by atoms with van der Waals surface area (Å²) in [6, 6.07) is 0. The maximum Gasteiger partial charge on any atom is 0.282 e. The predicted molar refractivity (Wildman–Crippen MR) is 66.5 cm³/mol. The van der Waals surface area contributed by atoms with Crippen LogP contribution in [0.15, 0.2) is 4.34 Å². The summed E-state index contributed by atoms with van der Waals surface area (Å²) in [5.41, 5.74) is 0. The molecular weight excluding hydrogens is 278 g/mol. The first-order valence-corrected chi connectivity index (χ1v) is 7.81. The second-order valence-corrected chi connectivity index (χ2v) is 6.81. The average molecular weight is 293 g/mol. The Morgan fingerprint density at radius 3 is 2.78 bits per heavy atom. The van der Waals surface area contributed by atoms with Gasteiger partial charge in [0.15, 0.2) is 0 Å². The molecule has 0 aliphatic heterocycles. The molecule has 0 spiro atoms. The third kappa shape index (κ3) is 4.00. The summed E-state index contributed by atoms with van der Waals surface area (Å²) in [6.45, 7) is 2.51. The molecule has 102 valence electrons. The number of nitrogens with one attached hydrogen (secondary N) is 1. The van der Waals surface area contributed by atoms with Crippen LogP contribution in [-0.4, -0.2) is 50.5 Å². The van der Waals surface area contributed by atoms with Crippen molar-refractivity contribution in [1.82, 2.24) is 15.5 Å². The van der Waals surface area contributed by atoms with Crippen molar-refractivity contribution in [2.45, 2.75) is 17.7 Å². The Morgan fingerprint density at radius 2 is 2.17 bits per heavy atom. The van der Waals surface area contributed by atoms with E-state index < -0.39 is 15.7 Å². The molecule has 1 aromatic rings. The third-order valence-corrected chi connectivity index (χ3v) is 5.16. The Morgan fingerprint density at radius 1 is 1.44 bits per heavy atom. The quantitative estimate of drug-likeness (QED) is 0.716. The van der Waals surface area contributed by atoms with Gasteiger partial charge in [-0.3, -0.25) is 4.79 Å². The lowest BCUT2D eigenvalue weighted by Crippen LogP contribution is -2.25. The average Bonchev–Trinajstić information content (AvgIpc) is 2.84. The highest BCUT2D eigenvalue weighted by Crippen LogP contribution is 2.16. The molecule has 1 rings (SSSR count). The molecule has 0 saturated carbocycles. The summed E-state index contributed by atoms with van der Waals surface area (Å²) < 4.78 is 27.7. The monoisotopic (exact) mass is 293 g/mol. The van der Waals surface area contributed by atoms with Crippen LogP contribution in [0.1, 0.15) is 23.1 Å². The van der Waals surface area contributed by atoms with Crippen molar-refractivity contribution in [3.63, 3.8) is 0 Å². The summed E-state index contributed by atoms with van der Waals surface area (Å²) in [6.07, 6.45) is 0.682. The van der Waals surface area contributed by atoms with Crippen molar-refractivity contribution in [3.05, 3.63) is 5.01 Å². The lowest BCUT2D eigenvalue weighted by atomic mass is 10.4. The van der Waals surface area contributed by atoms with Gasteiger partial charge in [0.2, 0.25) is 19.2 Å². The van der Waals surface area contributed by atoms with Crippen LogP contribution >= 0.6 is 11.3 Å². The number of sulfone groups is 1. The number of carbonyl (C=O) groups is 1. The van der Waals surface area contributed by atoms with E-state index in [-0.39, 0.29) is 15.1 Å². The second-order valence-electron chi connectivity index (χ2n) is 3.38. The molecule has 1 heterocycles. The van der Waals surface area contributed by atoms with Crippen molar-refractivity contribution in [2.75, 3.05) is 26.0 Å². The molecule has 1 amide bonds. The molecule has 0 aliphatic rings. The lowest BCUT2D eigenvalue weighted by Gasteiger charge is -2.00. The van der Waals surface area contributed by atoms with E-state index in [9.17, 15) is 13.2 Å². The van der Waals surface area contributed by atoms with Crippen LogP contribution in [-0.2, 0) is 14.6 Å². The van der Waals surface area contributed by atoms with Crippen LogP contribution in [0.4, 0.5) is 0 Å². The summed E-state index contributed by atoms with van der Waals surface area (Å²) in [4.78, 5) is 11.6. The molecule has 7 nitrogen and oxygen atoms in total. The first kappa shape index (κ1) is 15.0. The van der Waals surface area contributed by atoms with Gasteiger partial charge in [-0.1, -0.05) is 18.3 Å². The number of nitrogens with zero attached hydrogens (tertiary/aromatic N) is 2. The van der Waals surface area contributed by atoms with Crippen LogP contribution in [0, 0.1) is 0 Å². The van der Waals surface area contributed by atoms with Gasteiger partial charge in [0.25, 0.3) is 5.91 Å². The number of amides is 1. The molecule has 0 aliphatic carbocycles.